The summed E-state index contributed by atoms with van der Waals surface area (Å²) in [4.78, 5) is 39.9. The number of benzene rings is 1. The predicted octanol–water partition coefficient (Wildman–Crippen LogP) is 0.684. The number of nitrogens with zero attached hydrogens (tertiary/aromatic N) is 1. The van der Waals surface area contributed by atoms with E-state index in [4.69, 9.17) is 9.47 Å². The van der Waals surface area contributed by atoms with Crippen LogP contribution in [0.15, 0.2) is 18.2 Å². The van der Waals surface area contributed by atoms with Crippen LogP contribution in [0.1, 0.15) is 37.0 Å². The highest BCUT2D eigenvalue weighted by Gasteiger charge is 2.39. The van der Waals surface area contributed by atoms with Crippen molar-refractivity contribution in [2.75, 3.05) is 40.0 Å². The standard InChI is InChI=1S/C23H33FN4O5/c1-14(2)10-26-19-6-7-25-22(30)18-8-15(24)4-5-20(18)33-12-17-9-16(11-28(17)23(19)31)27-21(29)13-32-3/h4-5,8,14,16-17,19,26H,6-7,9-13H2,1-3H3,(H,25,30)(H,27,29)/t16-,17-,19-/m0/s1. The van der Waals surface area contributed by atoms with Gasteiger partial charge in [-0.05, 0) is 43.5 Å². The maximum absolute atomic E-state index is 13.8. The van der Waals surface area contributed by atoms with Gasteiger partial charge in [0.15, 0.2) is 0 Å². The second kappa shape index (κ2) is 11.4. The number of carbonyl (C=O) groups excluding carboxylic acids is 3. The molecule has 10 heteroatoms. The summed E-state index contributed by atoms with van der Waals surface area (Å²) in [7, 11) is 1.45. The SMILES string of the molecule is COCC(=O)N[C@H]1C[C@H]2COc3ccc(F)cc3C(=O)NCC[C@H](NCC(C)C)C(=O)N2C1. The molecule has 0 aromatic heterocycles. The molecule has 1 fully saturated rings. The van der Waals surface area contributed by atoms with Crippen LogP contribution in [-0.2, 0) is 14.3 Å². The third kappa shape index (κ3) is 6.64. The minimum Gasteiger partial charge on any atom is -0.491 e. The lowest BCUT2D eigenvalue weighted by atomic mass is 10.1. The average Bonchev–Trinajstić information content (AvgIpc) is 3.16. The van der Waals surface area contributed by atoms with E-state index in [0.717, 1.165) is 6.07 Å². The van der Waals surface area contributed by atoms with E-state index in [1.54, 1.807) is 4.90 Å². The third-order valence-corrected chi connectivity index (χ3v) is 5.74. The number of halogens is 1. The fourth-order valence-corrected chi connectivity index (χ4v) is 4.16. The topological polar surface area (TPSA) is 109 Å². The number of amides is 3. The van der Waals surface area contributed by atoms with E-state index in [-0.39, 0.29) is 55.0 Å². The molecule has 2 aliphatic heterocycles. The van der Waals surface area contributed by atoms with Crippen LogP contribution < -0.4 is 20.7 Å². The number of fused-ring (bicyclic) bond motifs is 2. The Bertz CT molecular complexity index is 865. The Hall–Kier alpha value is -2.72. The third-order valence-electron chi connectivity index (χ3n) is 5.74. The van der Waals surface area contributed by atoms with Gasteiger partial charge in [0.2, 0.25) is 11.8 Å². The number of nitrogens with one attached hydrogen (secondary N) is 3. The molecule has 3 N–H and O–H groups in total. The number of ether oxygens (including phenoxy) is 2. The minimum atomic E-state index is -0.533. The van der Waals surface area contributed by atoms with Crippen molar-refractivity contribution in [1.29, 1.82) is 0 Å². The average molecular weight is 465 g/mol. The Morgan fingerprint density at radius 1 is 1.36 bits per heavy atom. The summed E-state index contributed by atoms with van der Waals surface area (Å²) in [6.07, 6.45) is 0.882. The van der Waals surface area contributed by atoms with E-state index in [9.17, 15) is 18.8 Å². The van der Waals surface area contributed by atoms with Gasteiger partial charge in [0.05, 0.1) is 17.6 Å². The van der Waals surface area contributed by atoms with Crippen molar-refractivity contribution in [2.24, 2.45) is 5.92 Å². The highest BCUT2D eigenvalue weighted by atomic mass is 19.1. The number of hydrogen-bond acceptors (Lipinski definition) is 6. The fraction of sp³-hybridized carbons (Fsp3) is 0.609. The first kappa shape index (κ1) is 24.9. The van der Waals surface area contributed by atoms with Crippen LogP contribution in [-0.4, -0.2) is 80.7 Å². The zero-order valence-corrected chi connectivity index (χ0v) is 19.4. The van der Waals surface area contributed by atoms with Crippen molar-refractivity contribution in [3.63, 3.8) is 0 Å². The Balaban J connectivity index is 1.85. The van der Waals surface area contributed by atoms with Gasteiger partial charge in [0, 0.05) is 26.2 Å². The Labute approximate surface area is 193 Å². The number of hydrogen-bond donors (Lipinski definition) is 3. The summed E-state index contributed by atoms with van der Waals surface area (Å²) < 4.78 is 24.6. The molecule has 182 valence electrons. The van der Waals surface area contributed by atoms with Gasteiger partial charge >= 0.3 is 0 Å². The Morgan fingerprint density at radius 2 is 2.15 bits per heavy atom. The first-order chi connectivity index (χ1) is 15.8. The lowest BCUT2D eigenvalue weighted by molar-refractivity contribution is -0.135. The largest absolute Gasteiger partial charge is 0.491 e. The predicted molar refractivity (Wildman–Crippen MR) is 119 cm³/mol. The molecular weight excluding hydrogens is 431 g/mol. The molecule has 0 bridgehead atoms. The summed E-state index contributed by atoms with van der Waals surface area (Å²) >= 11 is 0. The van der Waals surface area contributed by atoms with Gasteiger partial charge in [0.1, 0.15) is 24.8 Å². The van der Waals surface area contributed by atoms with Gasteiger partial charge in [-0.1, -0.05) is 13.8 Å². The van der Waals surface area contributed by atoms with Gasteiger partial charge in [-0.3, -0.25) is 14.4 Å². The van der Waals surface area contributed by atoms with Gasteiger partial charge < -0.3 is 30.3 Å². The highest BCUT2D eigenvalue weighted by molar-refractivity contribution is 5.97. The normalized spacial score (nSPS) is 23.7. The lowest BCUT2D eigenvalue weighted by Gasteiger charge is -2.30. The molecule has 1 aromatic rings. The molecule has 3 amide bonds. The van der Waals surface area contributed by atoms with Crippen LogP contribution in [0.2, 0.25) is 0 Å². The maximum atomic E-state index is 13.8. The lowest BCUT2D eigenvalue weighted by Crippen LogP contribution is -2.52. The van der Waals surface area contributed by atoms with Gasteiger partial charge in [-0.2, -0.15) is 0 Å². The van der Waals surface area contributed by atoms with Crippen molar-refractivity contribution in [2.45, 2.75) is 44.8 Å². The zero-order valence-electron chi connectivity index (χ0n) is 19.4. The second-order valence-corrected chi connectivity index (χ2v) is 8.93. The van der Waals surface area contributed by atoms with Gasteiger partial charge in [-0.25, -0.2) is 4.39 Å². The molecule has 0 unspecified atom stereocenters. The van der Waals surface area contributed by atoms with Crippen molar-refractivity contribution in [3.05, 3.63) is 29.6 Å². The Morgan fingerprint density at radius 3 is 2.88 bits per heavy atom. The summed E-state index contributed by atoms with van der Waals surface area (Å²) in [5.41, 5.74) is 0.114. The molecule has 0 radical (unpaired) electrons. The smallest absolute Gasteiger partial charge is 0.255 e. The van der Waals surface area contributed by atoms with Crippen molar-refractivity contribution >= 4 is 17.7 Å². The first-order valence-electron chi connectivity index (χ1n) is 11.3. The van der Waals surface area contributed by atoms with Crippen LogP contribution in [0, 0.1) is 11.7 Å². The molecule has 33 heavy (non-hydrogen) atoms. The quantitative estimate of drug-likeness (QED) is 0.572. The van der Waals surface area contributed by atoms with Crippen molar-refractivity contribution in [1.82, 2.24) is 20.9 Å². The zero-order chi connectivity index (χ0) is 24.0. The fourth-order valence-electron chi connectivity index (χ4n) is 4.16. The second-order valence-electron chi connectivity index (χ2n) is 8.93. The van der Waals surface area contributed by atoms with Gasteiger partial charge in [0.25, 0.3) is 5.91 Å². The van der Waals surface area contributed by atoms with E-state index in [0.29, 0.717) is 31.8 Å². The molecule has 9 nitrogen and oxygen atoms in total. The van der Waals surface area contributed by atoms with E-state index in [1.807, 2.05) is 13.8 Å². The maximum Gasteiger partial charge on any atom is 0.255 e. The molecule has 3 atom stereocenters. The van der Waals surface area contributed by atoms with Crippen LogP contribution in [0.3, 0.4) is 0 Å². The molecular formula is C23H33FN4O5. The van der Waals surface area contributed by atoms with Crippen LogP contribution >= 0.6 is 0 Å². The molecule has 0 saturated carbocycles. The number of carbonyl (C=O) groups is 3. The van der Waals surface area contributed by atoms with Crippen LogP contribution in [0.25, 0.3) is 0 Å². The summed E-state index contributed by atoms with van der Waals surface area (Å²) in [5.74, 6) is -0.741. The summed E-state index contributed by atoms with van der Waals surface area (Å²) in [6, 6.07) is 2.74. The molecule has 2 aliphatic rings. The monoisotopic (exact) mass is 464 g/mol. The molecule has 0 spiro atoms. The molecule has 1 aromatic carbocycles. The van der Waals surface area contributed by atoms with E-state index < -0.39 is 17.8 Å². The summed E-state index contributed by atoms with van der Waals surface area (Å²) in [6.45, 7) is 5.39. The van der Waals surface area contributed by atoms with E-state index >= 15 is 0 Å². The minimum absolute atomic E-state index is 0.0586. The number of methoxy groups -OCH3 is 1. The highest BCUT2D eigenvalue weighted by Crippen LogP contribution is 2.25. The first-order valence-corrected chi connectivity index (χ1v) is 11.3. The van der Waals surface area contributed by atoms with Crippen molar-refractivity contribution < 1.29 is 28.2 Å². The molecule has 3 rings (SSSR count). The van der Waals surface area contributed by atoms with Gasteiger partial charge in [-0.15, -0.1) is 0 Å². The summed E-state index contributed by atoms with van der Waals surface area (Å²) in [5, 5.41) is 8.97. The van der Waals surface area contributed by atoms with Crippen molar-refractivity contribution in [3.8, 4) is 5.75 Å². The molecule has 1 saturated heterocycles. The van der Waals surface area contributed by atoms with E-state index in [2.05, 4.69) is 16.0 Å². The van der Waals surface area contributed by atoms with Crippen LogP contribution in [0.5, 0.6) is 5.75 Å². The molecule has 0 aliphatic carbocycles. The Kier molecular flexibility index (Phi) is 8.62. The number of rotatable bonds is 6. The van der Waals surface area contributed by atoms with Crippen LogP contribution in [0.4, 0.5) is 4.39 Å². The van der Waals surface area contributed by atoms with E-state index in [1.165, 1.54) is 19.2 Å². The molecule has 2 heterocycles.